The van der Waals surface area contributed by atoms with E-state index in [-0.39, 0.29) is 24.0 Å². The molecule has 0 spiro atoms. The minimum atomic E-state index is 0. The first-order chi connectivity index (χ1) is 4.31. The van der Waals surface area contributed by atoms with Crippen LogP contribution in [0.5, 0.6) is 0 Å². The Morgan fingerprint density at radius 3 is 2.60 bits per heavy atom. The summed E-state index contributed by atoms with van der Waals surface area (Å²) in [6, 6.07) is 0. The highest BCUT2D eigenvalue weighted by atomic mass is 127. The molecule has 0 aromatic heterocycles. The van der Waals surface area contributed by atoms with Crippen LogP contribution in [0.1, 0.15) is 19.8 Å². The molecule has 62 valence electrons. The highest BCUT2D eigenvalue weighted by molar-refractivity contribution is 14.0. The van der Waals surface area contributed by atoms with E-state index in [4.69, 9.17) is 5.73 Å². The number of hydrogen-bond donors (Lipinski definition) is 1. The van der Waals surface area contributed by atoms with Gasteiger partial charge in [-0.05, 0) is 12.7 Å². The third kappa shape index (κ3) is 8.55. The molecule has 0 unspecified atom stereocenters. The van der Waals surface area contributed by atoms with Gasteiger partial charge < -0.3 is 5.73 Å². The maximum atomic E-state index is 5.43. The van der Waals surface area contributed by atoms with Crippen LogP contribution in [0.2, 0.25) is 0 Å². The van der Waals surface area contributed by atoms with E-state index in [9.17, 15) is 0 Å². The largest absolute Gasteiger partial charge is 0.379 e. The molecule has 0 amide bonds. The predicted molar refractivity (Wildman–Crippen MR) is 60.3 cm³/mol. The molecule has 0 aliphatic carbocycles. The minimum Gasteiger partial charge on any atom is -0.379 e. The Bertz CT molecular complexity index is 95.7. The lowest BCUT2D eigenvalue weighted by molar-refractivity contribution is 0.809. The van der Waals surface area contributed by atoms with Gasteiger partial charge in [-0.25, -0.2) is 0 Å². The van der Waals surface area contributed by atoms with Gasteiger partial charge in [-0.3, -0.25) is 4.99 Å². The van der Waals surface area contributed by atoms with E-state index in [2.05, 4.69) is 11.9 Å². The minimum absolute atomic E-state index is 0. The number of unbranched alkanes of at least 4 members (excludes halogenated alkanes) is 1. The van der Waals surface area contributed by atoms with Crippen LogP contribution in [0.3, 0.4) is 0 Å². The van der Waals surface area contributed by atoms with Gasteiger partial charge in [0.05, 0.1) is 0 Å². The molecule has 0 radical (unpaired) electrons. The lowest BCUT2D eigenvalue weighted by Gasteiger charge is -1.92. The van der Waals surface area contributed by atoms with Crippen molar-refractivity contribution < 1.29 is 0 Å². The second kappa shape index (κ2) is 9.55. The molecule has 2 nitrogen and oxygen atoms in total. The van der Waals surface area contributed by atoms with E-state index in [0.29, 0.717) is 5.17 Å². The molecule has 4 heteroatoms. The number of nitrogens with zero attached hydrogens (tertiary/aromatic N) is 1. The summed E-state index contributed by atoms with van der Waals surface area (Å²) < 4.78 is 0. The Morgan fingerprint density at radius 2 is 2.20 bits per heavy atom. The quantitative estimate of drug-likeness (QED) is 0.370. The van der Waals surface area contributed by atoms with Gasteiger partial charge in [0, 0.05) is 6.54 Å². The SMILES string of the molecule is CCCCN=C(N)SC.I. The molecule has 0 aromatic carbocycles. The van der Waals surface area contributed by atoms with E-state index < -0.39 is 0 Å². The molecule has 0 aliphatic heterocycles. The number of amidine groups is 1. The standard InChI is InChI=1S/C6H14N2S.HI/c1-3-4-5-8-6(7)9-2;/h3-5H2,1-2H3,(H2,7,8);1H. The first-order valence-electron chi connectivity index (χ1n) is 3.15. The van der Waals surface area contributed by atoms with Crippen molar-refractivity contribution in [2.24, 2.45) is 10.7 Å². The average molecular weight is 274 g/mol. The smallest absolute Gasteiger partial charge is 0.153 e. The molecule has 0 atom stereocenters. The second-order valence-corrected chi connectivity index (χ2v) is 2.60. The Hall–Kier alpha value is 0.550. The van der Waals surface area contributed by atoms with Crippen molar-refractivity contribution in [3.05, 3.63) is 0 Å². The zero-order valence-corrected chi connectivity index (χ0v) is 9.61. The van der Waals surface area contributed by atoms with Crippen LogP contribution in [0.4, 0.5) is 0 Å². The Kier molecular flexibility index (Phi) is 12.6. The van der Waals surface area contributed by atoms with Gasteiger partial charge in [0.15, 0.2) is 5.17 Å². The molecule has 0 saturated heterocycles. The van der Waals surface area contributed by atoms with Crippen LogP contribution >= 0.6 is 35.7 Å². The molecule has 0 heterocycles. The van der Waals surface area contributed by atoms with Crippen LogP contribution in [-0.4, -0.2) is 18.0 Å². The van der Waals surface area contributed by atoms with Gasteiger partial charge >= 0.3 is 0 Å². The van der Waals surface area contributed by atoms with E-state index in [0.717, 1.165) is 13.0 Å². The van der Waals surface area contributed by atoms with Gasteiger partial charge in [0.25, 0.3) is 0 Å². The van der Waals surface area contributed by atoms with E-state index in [1.54, 1.807) is 0 Å². The maximum Gasteiger partial charge on any atom is 0.153 e. The molecule has 0 aromatic rings. The summed E-state index contributed by atoms with van der Waals surface area (Å²) >= 11 is 1.50. The van der Waals surface area contributed by atoms with E-state index in [1.165, 1.54) is 18.2 Å². The number of halogens is 1. The van der Waals surface area contributed by atoms with Crippen molar-refractivity contribution >= 4 is 40.9 Å². The monoisotopic (exact) mass is 274 g/mol. The molecule has 0 bridgehead atoms. The molecule has 2 N–H and O–H groups in total. The number of rotatable bonds is 3. The zero-order valence-electron chi connectivity index (χ0n) is 6.46. The summed E-state index contributed by atoms with van der Waals surface area (Å²) in [5, 5.41) is 0.698. The summed E-state index contributed by atoms with van der Waals surface area (Å²) in [7, 11) is 0. The van der Waals surface area contributed by atoms with Gasteiger partial charge in [0.1, 0.15) is 0 Å². The van der Waals surface area contributed by atoms with Gasteiger partial charge in [-0.2, -0.15) is 0 Å². The Morgan fingerprint density at radius 1 is 1.60 bits per heavy atom. The van der Waals surface area contributed by atoms with Crippen molar-refractivity contribution in [1.29, 1.82) is 0 Å². The first-order valence-corrected chi connectivity index (χ1v) is 4.37. The Balaban J connectivity index is 0. The second-order valence-electron chi connectivity index (χ2n) is 1.78. The maximum absolute atomic E-state index is 5.43. The number of hydrogen-bond acceptors (Lipinski definition) is 2. The molecule has 0 aliphatic rings. The van der Waals surface area contributed by atoms with Crippen molar-refractivity contribution in [3.8, 4) is 0 Å². The fourth-order valence-corrected chi connectivity index (χ4v) is 0.632. The van der Waals surface area contributed by atoms with Crippen LogP contribution in [0.15, 0.2) is 4.99 Å². The number of thioether (sulfide) groups is 1. The third-order valence-corrected chi connectivity index (χ3v) is 1.54. The highest BCUT2D eigenvalue weighted by Crippen LogP contribution is 1.93. The first kappa shape index (κ1) is 13.2. The molecule has 0 rings (SSSR count). The molecular weight excluding hydrogens is 259 g/mol. The molecule has 10 heavy (non-hydrogen) atoms. The third-order valence-electron chi connectivity index (χ3n) is 0.988. The topological polar surface area (TPSA) is 38.4 Å². The normalized spacial score (nSPS) is 10.8. The highest BCUT2D eigenvalue weighted by Gasteiger charge is 1.84. The summed E-state index contributed by atoms with van der Waals surface area (Å²) in [6.07, 6.45) is 4.26. The summed E-state index contributed by atoms with van der Waals surface area (Å²) in [6.45, 7) is 3.02. The summed E-state index contributed by atoms with van der Waals surface area (Å²) in [5.41, 5.74) is 5.43. The van der Waals surface area contributed by atoms with Gasteiger partial charge in [-0.1, -0.05) is 25.1 Å². The van der Waals surface area contributed by atoms with E-state index >= 15 is 0 Å². The fourth-order valence-electron chi connectivity index (χ4n) is 0.412. The van der Waals surface area contributed by atoms with Crippen molar-refractivity contribution in [2.45, 2.75) is 19.8 Å². The summed E-state index contributed by atoms with van der Waals surface area (Å²) in [4.78, 5) is 4.09. The average Bonchev–Trinajstić information content (AvgIpc) is 1.89. The van der Waals surface area contributed by atoms with Gasteiger partial charge in [-0.15, -0.1) is 24.0 Å². The van der Waals surface area contributed by atoms with Crippen molar-refractivity contribution in [1.82, 2.24) is 0 Å². The molecular formula is C6H15IN2S. The zero-order chi connectivity index (χ0) is 7.11. The Labute approximate surface area is 84.1 Å². The fraction of sp³-hybridized carbons (Fsp3) is 0.833. The lowest BCUT2D eigenvalue weighted by Crippen LogP contribution is -2.05. The van der Waals surface area contributed by atoms with Gasteiger partial charge in [0.2, 0.25) is 0 Å². The van der Waals surface area contributed by atoms with Crippen LogP contribution in [0, 0.1) is 0 Å². The van der Waals surface area contributed by atoms with Crippen LogP contribution in [0.25, 0.3) is 0 Å². The summed E-state index contributed by atoms with van der Waals surface area (Å²) in [5.74, 6) is 0. The number of aliphatic imine (C=N–C) groups is 1. The predicted octanol–water partition coefficient (Wildman–Crippen LogP) is 2.08. The van der Waals surface area contributed by atoms with Crippen LogP contribution in [-0.2, 0) is 0 Å². The molecule has 0 fully saturated rings. The molecule has 0 saturated carbocycles. The van der Waals surface area contributed by atoms with Crippen LogP contribution < -0.4 is 5.73 Å². The van der Waals surface area contributed by atoms with Crippen molar-refractivity contribution in [2.75, 3.05) is 12.8 Å². The lowest BCUT2D eigenvalue weighted by atomic mass is 10.3. The van der Waals surface area contributed by atoms with E-state index in [1.807, 2.05) is 6.26 Å². The van der Waals surface area contributed by atoms with Crippen molar-refractivity contribution in [3.63, 3.8) is 0 Å². The number of nitrogens with two attached hydrogens (primary N) is 1.